The van der Waals surface area contributed by atoms with Crippen molar-refractivity contribution in [2.75, 3.05) is 13.2 Å². The van der Waals surface area contributed by atoms with Gasteiger partial charge in [0, 0.05) is 12.6 Å². The highest BCUT2D eigenvalue weighted by atomic mass is 19.3. The van der Waals surface area contributed by atoms with Crippen LogP contribution in [0.2, 0.25) is 0 Å². The van der Waals surface area contributed by atoms with Gasteiger partial charge in [0.05, 0.1) is 6.61 Å². The zero-order chi connectivity index (χ0) is 13.0. The highest BCUT2D eigenvalue weighted by molar-refractivity contribution is 5.27. The molecule has 1 atom stereocenters. The summed E-state index contributed by atoms with van der Waals surface area (Å²) in [6, 6.07) is 6.88. The van der Waals surface area contributed by atoms with Gasteiger partial charge in [-0.2, -0.15) is 8.78 Å². The van der Waals surface area contributed by atoms with Gasteiger partial charge in [-0.25, -0.2) is 0 Å². The molecule has 0 bridgehead atoms. The third-order valence-electron chi connectivity index (χ3n) is 3.24. The maximum absolute atomic E-state index is 12.0. The first-order chi connectivity index (χ1) is 8.69. The number of aliphatic hydroxyl groups excluding tert-OH is 1. The Kier molecular flexibility index (Phi) is 4.49. The summed E-state index contributed by atoms with van der Waals surface area (Å²) in [6.07, 6.45) is 2.11. The van der Waals surface area contributed by atoms with Crippen LogP contribution in [0.3, 0.4) is 0 Å². The summed E-state index contributed by atoms with van der Waals surface area (Å²) in [5.74, 6) is 0.175. The molecule has 1 aliphatic heterocycles. The first kappa shape index (κ1) is 13.2. The number of hydrogen-bond acceptors (Lipinski definition) is 3. The Morgan fingerprint density at radius 3 is 2.67 bits per heavy atom. The van der Waals surface area contributed by atoms with Gasteiger partial charge < -0.3 is 9.84 Å². The predicted octanol–water partition coefficient (Wildman–Crippen LogP) is 2.24. The van der Waals surface area contributed by atoms with Crippen molar-refractivity contribution >= 4 is 0 Å². The molecule has 1 fully saturated rings. The number of nitrogens with zero attached hydrogens (tertiary/aromatic N) is 1. The smallest absolute Gasteiger partial charge is 0.387 e. The number of ether oxygens (including phenoxy) is 1. The number of benzene rings is 1. The largest absolute Gasteiger partial charge is 0.435 e. The number of aliphatic hydroxyl groups is 1. The maximum Gasteiger partial charge on any atom is 0.387 e. The molecule has 0 spiro atoms. The second-order valence-electron chi connectivity index (χ2n) is 4.47. The van der Waals surface area contributed by atoms with Gasteiger partial charge in [-0.15, -0.1) is 0 Å². The van der Waals surface area contributed by atoms with E-state index in [2.05, 4.69) is 9.64 Å². The summed E-state index contributed by atoms with van der Waals surface area (Å²) >= 11 is 0. The molecule has 1 aromatic rings. The normalized spacial score (nSPS) is 20.6. The number of hydrogen-bond donors (Lipinski definition) is 1. The van der Waals surface area contributed by atoms with Crippen molar-refractivity contribution in [2.45, 2.75) is 32.0 Å². The lowest BCUT2D eigenvalue weighted by molar-refractivity contribution is -0.0498. The SMILES string of the molecule is OC[C@@H]1CCCN1Cc1ccc(OC(F)F)cc1. The van der Waals surface area contributed by atoms with Gasteiger partial charge in [0.25, 0.3) is 0 Å². The fraction of sp³-hybridized carbons (Fsp3) is 0.538. The molecule has 1 N–H and O–H groups in total. The van der Waals surface area contributed by atoms with E-state index < -0.39 is 6.61 Å². The third-order valence-corrected chi connectivity index (χ3v) is 3.24. The van der Waals surface area contributed by atoms with E-state index in [4.69, 9.17) is 0 Å². The zero-order valence-electron chi connectivity index (χ0n) is 10.1. The van der Waals surface area contributed by atoms with Crippen molar-refractivity contribution in [3.05, 3.63) is 29.8 Å². The molecule has 3 nitrogen and oxygen atoms in total. The van der Waals surface area contributed by atoms with Crippen LogP contribution in [0.1, 0.15) is 18.4 Å². The Labute approximate surface area is 105 Å². The summed E-state index contributed by atoms with van der Waals surface area (Å²) in [5.41, 5.74) is 1.04. The minimum atomic E-state index is -2.78. The lowest BCUT2D eigenvalue weighted by Crippen LogP contribution is -2.31. The van der Waals surface area contributed by atoms with E-state index in [1.807, 2.05) is 0 Å². The number of rotatable bonds is 5. The Balaban J connectivity index is 1.93. The van der Waals surface area contributed by atoms with E-state index in [-0.39, 0.29) is 18.4 Å². The zero-order valence-corrected chi connectivity index (χ0v) is 10.1. The lowest BCUT2D eigenvalue weighted by atomic mass is 10.2. The quantitative estimate of drug-likeness (QED) is 0.878. The molecule has 0 unspecified atom stereocenters. The molecule has 1 aromatic carbocycles. The fourth-order valence-electron chi connectivity index (χ4n) is 2.32. The minimum absolute atomic E-state index is 0.173. The molecule has 18 heavy (non-hydrogen) atoms. The van der Waals surface area contributed by atoms with Crippen LogP contribution in [0, 0.1) is 0 Å². The summed E-state index contributed by atoms with van der Waals surface area (Å²) < 4.78 is 28.3. The molecule has 1 aliphatic rings. The van der Waals surface area contributed by atoms with E-state index >= 15 is 0 Å². The highest BCUT2D eigenvalue weighted by Gasteiger charge is 2.23. The van der Waals surface area contributed by atoms with Crippen molar-refractivity contribution in [1.82, 2.24) is 4.90 Å². The van der Waals surface area contributed by atoms with Gasteiger partial charge in [0.15, 0.2) is 0 Å². The van der Waals surface area contributed by atoms with Crippen LogP contribution in [0.5, 0.6) is 5.75 Å². The van der Waals surface area contributed by atoms with Crippen LogP contribution in [0.15, 0.2) is 24.3 Å². The predicted molar refractivity (Wildman–Crippen MR) is 63.6 cm³/mol. The number of halogens is 2. The monoisotopic (exact) mass is 257 g/mol. The molecule has 5 heteroatoms. The summed E-state index contributed by atoms with van der Waals surface area (Å²) in [5, 5.41) is 9.21. The molecule has 1 heterocycles. The van der Waals surface area contributed by atoms with Gasteiger partial charge in [0.1, 0.15) is 5.75 Å². The van der Waals surface area contributed by atoms with E-state index in [0.717, 1.165) is 31.5 Å². The standard InChI is InChI=1S/C13H17F2NO2/c14-13(15)18-12-5-3-10(4-6-12)8-16-7-1-2-11(16)9-17/h3-6,11,13,17H,1-2,7-9H2/t11-/m0/s1. The van der Waals surface area contributed by atoms with Crippen LogP contribution in [0.25, 0.3) is 0 Å². The topological polar surface area (TPSA) is 32.7 Å². The average molecular weight is 257 g/mol. The van der Waals surface area contributed by atoms with Gasteiger partial charge in [-0.1, -0.05) is 12.1 Å². The summed E-state index contributed by atoms with van der Waals surface area (Å²) in [7, 11) is 0. The van der Waals surface area contributed by atoms with Gasteiger partial charge in [-0.05, 0) is 37.1 Å². The summed E-state index contributed by atoms with van der Waals surface area (Å²) in [4.78, 5) is 2.21. The number of alkyl halides is 2. The Morgan fingerprint density at radius 1 is 1.33 bits per heavy atom. The Morgan fingerprint density at radius 2 is 2.06 bits per heavy atom. The maximum atomic E-state index is 12.0. The number of likely N-dealkylation sites (tertiary alicyclic amines) is 1. The molecule has 0 radical (unpaired) electrons. The molecule has 0 amide bonds. The fourth-order valence-corrected chi connectivity index (χ4v) is 2.32. The van der Waals surface area contributed by atoms with Crippen LogP contribution in [-0.2, 0) is 6.54 Å². The van der Waals surface area contributed by atoms with E-state index in [0.29, 0.717) is 0 Å². The van der Waals surface area contributed by atoms with Gasteiger partial charge in [0.2, 0.25) is 0 Å². The summed E-state index contributed by atoms with van der Waals surface area (Å²) in [6.45, 7) is -0.902. The van der Waals surface area contributed by atoms with Crippen molar-refractivity contribution < 1.29 is 18.6 Å². The van der Waals surface area contributed by atoms with Crippen LogP contribution >= 0.6 is 0 Å². The van der Waals surface area contributed by atoms with Crippen molar-refractivity contribution in [2.24, 2.45) is 0 Å². The van der Waals surface area contributed by atoms with Crippen molar-refractivity contribution in [1.29, 1.82) is 0 Å². The minimum Gasteiger partial charge on any atom is -0.435 e. The van der Waals surface area contributed by atoms with Gasteiger partial charge in [-0.3, -0.25) is 4.90 Å². The molecular formula is C13H17F2NO2. The van der Waals surface area contributed by atoms with Crippen LogP contribution in [0.4, 0.5) is 8.78 Å². The van der Waals surface area contributed by atoms with Crippen LogP contribution < -0.4 is 4.74 Å². The molecule has 1 saturated heterocycles. The van der Waals surface area contributed by atoms with Crippen molar-refractivity contribution in [3.8, 4) is 5.75 Å². The molecule has 0 saturated carbocycles. The van der Waals surface area contributed by atoms with E-state index in [9.17, 15) is 13.9 Å². The third kappa shape index (κ3) is 3.40. The molecule has 100 valence electrons. The second-order valence-corrected chi connectivity index (χ2v) is 4.47. The first-order valence-corrected chi connectivity index (χ1v) is 6.07. The van der Waals surface area contributed by atoms with Crippen LogP contribution in [-0.4, -0.2) is 35.8 Å². The average Bonchev–Trinajstić information content (AvgIpc) is 2.78. The molecule has 2 rings (SSSR count). The highest BCUT2D eigenvalue weighted by Crippen LogP contribution is 2.21. The first-order valence-electron chi connectivity index (χ1n) is 6.07. The molecule has 0 aromatic heterocycles. The molecule has 0 aliphatic carbocycles. The second kappa shape index (κ2) is 6.11. The molecular weight excluding hydrogens is 240 g/mol. The Bertz CT molecular complexity index is 370. The van der Waals surface area contributed by atoms with E-state index in [1.165, 1.54) is 0 Å². The lowest BCUT2D eigenvalue weighted by Gasteiger charge is -2.22. The van der Waals surface area contributed by atoms with Gasteiger partial charge >= 0.3 is 6.61 Å². The van der Waals surface area contributed by atoms with E-state index in [1.54, 1.807) is 24.3 Å². The Hall–Kier alpha value is -1.20. The van der Waals surface area contributed by atoms with Crippen molar-refractivity contribution in [3.63, 3.8) is 0 Å².